The molecule has 8 heteroatoms. The van der Waals surface area contributed by atoms with Gasteiger partial charge in [-0.2, -0.15) is 18.3 Å². The molecule has 0 radical (unpaired) electrons. The maximum Gasteiger partial charge on any atom is 0.433 e. The summed E-state index contributed by atoms with van der Waals surface area (Å²) in [6, 6.07) is 0. The van der Waals surface area contributed by atoms with Gasteiger partial charge in [0.1, 0.15) is 5.69 Å². The first-order valence-corrected chi connectivity index (χ1v) is 4.81. The van der Waals surface area contributed by atoms with Crippen LogP contribution in [0.1, 0.15) is 24.1 Å². The van der Waals surface area contributed by atoms with Gasteiger partial charge in [-0.1, -0.05) is 0 Å². The number of carbonyl (C=O) groups is 1. The first kappa shape index (κ1) is 11.9. The number of H-pyrrole nitrogens is 1. The van der Waals surface area contributed by atoms with Gasteiger partial charge in [-0.15, -0.1) is 0 Å². The Hall–Kier alpha value is -1.57. The zero-order chi connectivity index (χ0) is 12.8. The molecule has 0 amide bonds. The topological polar surface area (TPSA) is 86.2 Å². The number of nitrogens with zero attached hydrogens (tertiary/aromatic N) is 1. The highest BCUT2D eigenvalue weighted by atomic mass is 19.4. The van der Waals surface area contributed by atoms with Gasteiger partial charge in [-0.05, 0) is 12.8 Å². The highest BCUT2D eigenvalue weighted by Crippen LogP contribution is 2.53. The smallest absolute Gasteiger partial charge is 0.433 e. The molecule has 1 unspecified atom stereocenters. The quantitative estimate of drug-likeness (QED) is 0.744. The molecule has 1 fully saturated rings. The largest absolute Gasteiger partial charge is 0.479 e. The lowest BCUT2D eigenvalue weighted by Gasteiger charge is -2.19. The molecule has 0 saturated heterocycles. The second-order valence-corrected chi connectivity index (χ2v) is 4.05. The molecule has 0 aliphatic heterocycles. The fraction of sp³-hybridized carbons (Fsp3) is 0.556. The van der Waals surface area contributed by atoms with E-state index in [1.807, 2.05) is 0 Å². The zero-order valence-electron chi connectivity index (χ0n) is 8.45. The molecule has 1 aromatic rings. The van der Waals surface area contributed by atoms with Gasteiger partial charge in [-0.3, -0.25) is 5.10 Å². The lowest BCUT2D eigenvalue weighted by Crippen LogP contribution is -2.35. The number of aliphatic hydroxyl groups is 1. The molecule has 1 heterocycles. The molecule has 3 N–H and O–H groups in total. The molecule has 2 rings (SSSR count). The van der Waals surface area contributed by atoms with Crippen molar-refractivity contribution in [2.45, 2.75) is 30.5 Å². The van der Waals surface area contributed by atoms with Gasteiger partial charge in [0, 0.05) is 11.0 Å². The SMILES string of the molecule is O=C(O)C(O)C1(c2cn[nH]c2C(F)(F)F)CC1. The summed E-state index contributed by atoms with van der Waals surface area (Å²) in [5, 5.41) is 23.3. The fourth-order valence-corrected chi connectivity index (χ4v) is 1.94. The van der Waals surface area contributed by atoms with Gasteiger partial charge in [0.05, 0.1) is 6.20 Å². The number of rotatable bonds is 3. The van der Waals surface area contributed by atoms with E-state index < -0.39 is 29.4 Å². The van der Waals surface area contributed by atoms with Crippen LogP contribution in [-0.2, 0) is 16.4 Å². The zero-order valence-corrected chi connectivity index (χ0v) is 8.45. The number of aromatic nitrogens is 2. The molecular weight excluding hydrogens is 241 g/mol. The number of halogens is 3. The van der Waals surface area contributed by atoms with E-state index in [0.29, 0.717) is 0 Å². The summed E-state index contributed by atoms with van der Waals surface area (Å²) in [4.78, 5) is 10.7. The predicted molar refractivity (Wildman–Crippen MR) is 48.1 cm³/mol. The highest BCUT2D eigenvalue weighted by molar-refractivity contribution is 5.75. The Bertz CT molecular complexity index is 451. The molecule has 1 aliphatic carbocycles. The van der Waals surface area contributed by atoms with Crippen LogP contribution in [0.2, 0.25) is 0 Å². The summed E-state index contributed by atoms with van der Waals surface area (Å²) in [6.45, 7) is 0. The third-order valence-corrected chi connectivity index (χ3v) is 3.01. The number of alkyl halides is 3. The first-order chi connectivity index (χ1) is 7.79. The number of aliphatic carboxylic acids is 1. The van der Waals surface area contributed by atoms with Gasteiger partial charge in [0.2, 0.25) is 0 Å². The van der Waals surface area contributed by atoms with E-state index >= 15 is 0 Å². The normalized spacial score (nSPS) is 20.0. The van der Waals surface area contributed by atoms with Crippen LogP contribution in [0.3, 0.4) is 0 Å². The third-order valence-electron chi connectivity index (χ3n) is 3.01. The molecule has 94 valence electrons. The minimum absolute atomic E-state index is 0.198. The van der Waals surface area contributed by atoms with Crippen molar-refractivity contribution in [1.82, 2.24) is 10.2 Å². The Kier molecular flexibility index (Phi) is 2.42. The second-order valence-electron chi connectivity index (χ2n) is 4.05. The van der Waals surface area contributed by atoms with Crippen LogP contribution in [0.4, 0.5) is 13.2 Å². The van der Waals surface area contributed by atoms with E-state index in [4.69, 9.17) is 5.11 Å². The summed E-state index contributed by atoms with van der Waals surface area (Å²) < 4.78 is 37.8. The van der Waals surface area contributed by atoms with E-state index in [9.17, 15) is 23.1 Å². The van der Waals surface area contributed by atoms with Gasteiger partial charge in [0.25, 0.3) is 0 Å². The molecule has 0 aromatic carbocycles. The summed E-state index contributed by atoms with van der Waals surface area (Å²) >= 11 is 0. The van der Waals surface area contributed by atoms with E-state index in [0.717, 1.165) is 6.20 Å². The Morgan fingerprint density at radius 1 is 1.53 bits per heavy atom. The molecular formula is C9H9F3N2O3. The van der Waals surface area contributed by atoms with Gasteiger partial charge in [0.15, 0.2) is 6.10 Å². The molecule has 17 heavy (non-hydrogen) atoms. The number of carboxylic acids is 1. The minimum Gasteiger partial charge on any atom is -0.479 e. The second kappa shape index (κ2) is 3.46. The standard InChI is InChI=1S/C9H9F3N2O3/c10-9(11,12)5-4(3-13-14-5)8(1-2-8)6(15)7(16)17/h3,6,15H,1-2H2,(H,13,14)(H,16,17). The Morgan fingerprint density at radius 3 is 2.53 bits per heavy atom. The maximum absolute atomic E-state index is 12.6. The monoisotopic (exact) mass is 250 g/mol. The van der Waals surface area contributed by atoms with E-state index in [2.05, 4.69) is 5.10 Å². The predicted octanol–water partition coefficient (Wildman–Crippen LogP) is 0.906. The van der Waals surface area contributed by atoms with Gasteiger partial charge >= 0.3 is 12.1 Å². The van der Waals surface area contributed by atoms with Crippen molar-refractivity contribution in [2.75, 3.05) is 0 Å². The molecule has 1 atom stereocenters. The van der Waals surface area contributed by atoms with Crippen molar-refractivity contribution in [3.05, 3.63) is 17.5 Å². The van der Waals surface area contributed by atoms with Gasteiger partial charge in [-0.25, -0.2) is 4.79 Å². The molecule has 0 bridgehead atoms. The van der Waals surface area contributed by atoms with E-state index in [-0.39, 0.29) is 18.4 Å². The van der Waals surface area contributed by atoms with Crippen molar-refractivity contribution in [1.29, 1.82) is 0 Å². The Labute approximate surface area is 93.3 Å². The molecule has 1 aliphatic rings. The lowest BCUT2D eigenvalue weighted by atomic mass is 9.90. The van der Waals surface area contributed by atoms with Gasteiger partial charge < -0.3 is 10.2 Å². The fourth-order valence-electron chi connectivity index (χ4n) is 1.94. The minimum atomic E-state index is -4.64. The van der Waals surface area contributed by atoms with Crippen molar-refractivity contribution in [3.63, 3.8) is 0 Å². The van der Waals surface area contributed by atoms with Crippen molar-refractivity contribution in [2.24, 2.45) is 0 Å². The van der Waals surface area contributed by atoms with E-state index in [1.165, 1.54) is 0 Å². The van der Waals surface area contributed by atoms with Crippen LogP contribution < -0.4 is 0 Å². The highest BCUT2D eigenvalue weighted by Gasteiger charge is 2.57. The number of aliphatic hydroxyl groups excluding tert-OH is 1. The Balaban J connectivity index is 2.42. The average Bonchev–Trinajstić information content (AvgIpc) is 2.84. The van der Waals surface area contributed by atoms with E-state index in [1.54, 1.807) is 5.10 Å². The maximum atomic E-state index is 12.6. The van der Waals surface area contributed by atoms with Crippen molar-refractivity contribution >= 4 is 5.97 Å². The lowest BCUT2D eigenvalue weighted by molar-refractivity contribution is -0.150. The van der Waals surface area contributed by atoms with Crippen LogP contribution >= 0.6 is 0 Å². The summed E-state index contributed by atoms with van der Waals surface area (Å²) in [6.07, 6.45) is -5.16. The van der Waals surface area contributed by atoms with Crippen LogP contribution in [0.5, 0.6) is 0 Å². The first-order valence-electron chi connectivity index (χ1n) is 4.81. The van der Waals surface area contributed by atoms with Crippen molar-refractivity contribution in [3.8, 4) is 0 Å². The van der Waals surface area contributed by atoms with Crippen molar-refractivity contribution < 1.29 is 28.2 Å². The number of hydrogen-bond donors (Lipinski definition) is 3. The molecule has 0 spiro atoms. The summed E-state index contributed by atoms with van der Waals surface area (Å²) in [5.41, 5.74) is -2.72. The van der Waals surface area contributed by atoms with Crippen LogP contribution in [0, 0.1) is 0 Å². The molecule has 1 saturated carbocycles. The number of carboxylic acid groups (broad SMARTS) is 1. The number of aromatic amines is 1. The number of hydrogen-bond acceptors (Lipinski definition) is 3. The average molecular weight is 250 g/mol. The van der Waals surface area contributed by atoms with Crippen LogP contribution in [-0.4, -0.2) is 32.5 Å². The van der Waals surface area contributed by atoms with Crippen LogP contribution in [0.25, 0.3) is 0 Å². The molecule has 5 nitrogen and oxygen atoms in total. The number of nitrogens with one attached hydrogen (secondary N) is 1. The summed E-state index contributed by atoms with van der Waals surface area (Å²) in [5.74, 6) is -1.53. The van der Waals surface area contributed by atoms with Crippen LogP contribution in [0.15, 0.2) is 6.20 Å². The third kappa shape index (κ3) is 1.78. The Morgan fingerprint density at radius 2 is 2.12 bits per heavy atom. The summed E-state index contributed by atoms with van der Waals surface area (Å²) in [7, 11) is 0. The molecule has 1 aromatic heterocycles.